The number of benzene rings is 2. The number of pyridine rings is 2. The third kappa shape index (κ3) is 6.77. The molecule has 2 aromatic heterocycles. The van der Waals surface area contributed by atoms with Gasteiger partial charge in [-0.05, 0) is 102 Å². The molecule has 0 unspecified atom stereocenters. The number of amides is 2. The highest BCUT2D eigenvalue weighted by Gasteiger charge is 2.46. The first-order valence-corrected chi connectivity index (χ1v) is 15.7. The number of aliphatic hydroxyl groups is 2. The molecule has 4 aromatic rings. The second-order valence-corrected chi connectivity index (χ2v) is 13.7. The van der Waals surface area contributed by atoms with E-state index in [1.54, 1.807) is 57.3 Å². The van der Waals surface area contributed by atoms with Gasteiger partial charge in [0.15, 0.2) is 0 Å². The topological polar surface area (TPSA) is 143 Å². The van der Waals surface area contributed by atoms with Crippen molar-refractivity contribution >= 4 is 22.7 Å². The summed E-state index contributed by atoms with van der Waals surface area (Å²) < 4.78 is 26.0. The number of hydrogen-bond acceptors (Lipinski definition) is 8. The van der Waals surface area contributed by atoms with Gasteiger partial charge in [0.2, 0.25) is 5.91 Å². The van der Waals surface area contributed by atoms with E-state index in [0.29, 0.717) is 39.4 Å². The van der Waals surface area contributed by atoms with E-state index in [0.717, 1.165) is 23.8 Å². The van der Waals surface area contributed by atoms with Gasteiger partial charge in [-0.25, -0.2) is 9.37 Å². The van der Waals surface area contributed by atoms with Crippen LogP contribution in [0.15, 0.2) is 54.7 Å². The van der Waals surface area contributed by atoms with Crippen molar-refractivity contribution in [3.8, 4) is 22.8 Å². The molecule has 2 aliphatic rings. The van der Waals surface area contributed by atoms with E-state index in [4.69, 9.17) is 14.5 Å². The summed E-state index contributed by atoms with van der Waals surface area (Å²) in [7, 11) is 0. The second-order valence-electron chi connectivity index (χ2n) is 13.7. The highest BCUT2D eigenvalue weighted by atomic mass is 19.1. The van der Waals surface area contributed by atoms with Crippen LogP contribution in [0, 0.1) is 12.7 Å². The van der Waals surface area contributed by atoms with Crippen LogP contribution in [0.2, 0.25) is 0 Å². The minimum Gasteiger partial charge on any atom is -0.489 e. The largest absolute Gasteiger partial charge is 0.489 e. The molecule has 47 heavy (non-hydrogen) atoms. The van der Waals surface area contributed by atoms with E-state index in [1.807, 2.05) is 13.0 Å². The zero-order valence-corrected chi connectivity index (χ0v) is 27.1. The minimum atomic E-state index is -1.70. The van der Waals surface area contributed by atoms with Crippen molar-refractivity contribution in [3.63, 3.8) is 0 Å². The molecule has 2 amide bonds. The lowest BCUT2D eigenvalue weighted by Gasteiger charge is -2.28. The van der Waals surface area contributed by atoms with E-state index in [1.165, 1.54) is 19.1 Å². The maximum Gasteiger partial charge on any atom is 0.251 e. The Hall–Kier alpha value is -4.61. The fourth-order valence-corrected chi connectivity index (χ4v) is 5.50. The van der Waals surface area contributed by atoms with E-state index < -0.39 is 28.3 Å². The van der Waals surface area contributed by atoms with Crippen LogP contribution in [0.25, 0.3) is 22.2 Å². The molecule has 0 saturated heterocycles. The molecule has 0 bridgehead atoms. The zero-order valence-electron chi connectivity index (χ0n) is 27.1. The Morgan fingerprint density at radius 1 is 1.06 bits per heavy atom. The molecule has 11 heteroatoms. The smallest absolute Gasteiger partial charge is 0.251 e. The van der Waals surface area contributed by atoms with Crippen molar-refractivity contribution in [2.24, 2.45) is 0 Å². The molecule has 1 saturated carbocycles. The average Bonchev–Trinajstić information content (AvgIpc) is 3.77. The van der Waals surface area contributed by atoms with Gasteiger partial charge in [0, 0.05) is 34.8 Å². The highest BCUT2D eigenvalue weighted by molar-refractivity contribution is 6.00. The standard InChI is InChI=1S/C36H39FN4O6/c1-20-12-22-13-23(14-27(29(22)38-16-20)47-25-10-11-25)32(42)39-18-36(5,45)28-15-26-31(30(41-28)21-6-8-24(37)9-7-21)46-19-35(26,4)33(43)40-17-34(2,3)44/h6-9,12-16,25,44-45H,10-11,17-19H2,1-5H3,(H,39,42)(H,40,43)/t35-,36-/m0/s1. The van der Waals surface area contributed by atoms with Crippen molar-refractivity contribution in [2.75, 3.05) is 19.7 Å². The molecule has 10 nitrogen and oxygen atoms in total. The lowest BCUT2D eigenvalue weighted by Crippen LogP contribution is -2.48. The van der Waals surface area contributed by atoms with Crippen molar-refractivity contribution in [1.29, 1.82) is 0 Å². The molecule has 1 fully saturated rings. The summed E-state index contributed by atoms with van der Waals surface area (Å²) in [6.07, 6.45) is 3.76. The summed E-state index contributed by atoms with van der Waals surface area (Å²) in [6, 6.07) is 12.6. The van der Waals surface area contributed by atoms with Crippen molar-refractivity contribution in [1.82, 2.24) is 20.6 Å². The van der Waals surface area contributed by atoms with Crippen LogP contribution in [-0.4, -0.2) is 63.4 Å². The van der Waals surface area contributed by atoms with Crippen LogP contribution in [-0.2, 0) is 15.8 Å². The molecule has 2 atom stereocenters. The summed E-state index contributed by atoms with van der Waals surface area (Å²) in [5.41, 5.74) is -0.551. The summed E-state index contributed by atoms with van der Waals surface area (Å²) >= 11 is 0. The molecule has 3 heterocycles. The molecule has 6 rings (SSSR count). The number of halogens is 1. The van der Waals surface area contributed by atoms with Crippen LogP contribution in [0.1, 0.15) is 67.7 Å². The number of carbonyl (C=O) groups excluding carboxylic acids is 2. The lowest BCUT2D eigenvalue weighted by molar-refractivity contribution is -0.127. The number of ether oxygens (including phenoxy) is 2. The Morgan fingerprint density at radius 2 is 1.79 bits per heavy atom. The van der Waals surface area contributed by atoms with Gasteiger partial charge in [-0.2, -0.15) is 0 Å². The average molecular weight is 643 g/mol. The maximum atomic E-state index is 13.9. The predicted molar refractivity (Wildman–Crippen MR) is 174 cm³/mol. The predicted octanol–water partition coefficient (Wildman–Crippen LogP) is 4.46. The Bertz CT molecular complexity index is 1870. The van der Waals surface area contributed by atoms with Crippen molar-refractivity contribution in [3.05, 3.63) is 82.9 Å². The van der Waals surface area contributed by atoms with Gasteiger partial charge < -0.3 is 30.3 Å². The Kier molecular flexibility index (Phi) is 8.17. The quantitative estimate of drug-likeness (QED) is 0.199. The van der Waals surface area contributed by atoms with Crippen LogP contribution in [0.5, 0.6) is 11.5 Å². The molecule has 1 aliphatic carbocycles. The first-order chi connectivity index (χ1) is 22.1. The molecule has 4 N–H and O–H groups in total. The number of nitrogens with one attached hydrogen (secondary N) is 2. The van der Waals surface area contributed by atoms with Gasteiger partial charge in [-0.3, -0.25) is 14.6 Å². The fourth-order valence-electron chi connectivity index (χ4n) is 5.50. The van der Waals surface area contributed by atoms with Crippen molar-refractivity contribution in [2.45, 2.75) is 70.2 Å². The molecule has 246 valence electrons. The SMILES string of the molecule is Cc1cnc2c(OC3CC3)cc(C(=O)NC[C@](C)(O)c3cc4c(c(-c5ccc(F)cc5)n3)OC[C@]4(C)C(=O)NCC(C)(C)O)cc2c1. The number of fused-ring (bicyclic) bond motifs is 2. The Labute approximate surface area is 272 Å². The summed E-state index contributed by atoms with van der Waals surface area (Å²) in [5, 5.41) is 28.4. The van der Waals surface area contributed by atoms with Crippen LogP contribution >= 0.6 is 0 Å². The van der Waals surface area contributed by atoms with Crippen LogP contribution in [0.3, 0.4) is 0 Å². The summed E-state index contributed by atoms with van der Waals surface area (Å²) in [6.45, 7) is 8.12. The van der Waals surface area contributed by atoms with E-state index >= 15 is 0 Å². The van der Waals surface area contributed by atoms with Gasteiger partial charge in [0.1, 0.15) is 46.1 Å². The first kappa shape index (κ1) is 32.3. The van der Waals surface area contributed by atoms with Gasteiger partial charge in [-0.15, -0.1) is 0 Å². The van der Waals surface area contributed by atoms with Crippen LogP contribution in [0.4, 0.5) is 4.39 Å². The number of aromatic nitrogens is 2. The number of rotatable bonds is 10. The minimum absolute atomic E-state index is 0.0141. The normalized spacial score (nSPS) is 18.6. The van der Waals surface area contributed by atoms with E-state index in [2.05, 4.69) is 15.6 Å². The molecule has 1 aliphatic heterocycles. The molecular weight excluding hydrogens is 603 g/mol. The fraction of sp³-hybridized carbons (Fsp3) is 0.389. The van der Waals surface area contributed by atoms with E-state index in [9.17, 15) is 24.2 Å². The highest BCUT2D eigenvalue weighted by Crippen LogP contribution is 2.46. The Morgan fingerprint density at radius 3 is 2.47 bits per heavy atom. The third-order valence-electron chi connectivity index (χ3n) is 8.48. The number of aryl methyl sites for hydroxylation is 1. The zero-order chi connectivity index (χ0) is 33.7. The van der Waals surface area contributed by atoms with Gasteiger partial charge in [0.25, 0.3) is 5.91 Å². The summed E-state index contributed by atoms with van der Waals surface area (Å²) in [4.78, 5) is 36.3. The van der Waals surface area contributed by atoms with Gasteiger partial charge >= 0.3 is 0 Å². The molecule has 2 aromatic carbocycles. The van der Waals surface area contributed by atoms with E-state index in [-0.39, 0.29) is 37.4 Å². The second kappa shape index (κ2) is 11.9. The maximum absolute atomic E-state index is 13.9. The third-order valence-corrected chi connectivity index (χ3v) is 8.48. The van der Waals surface area contributed by atoms with Crippen molar-refractivity contribution < 1.29 is 33.7 Å². The monoisotopic (exact) mass is 642 g/mol. The lowest BCUT2D eigenvalue weighted by atomic mass is 9.81. The molecule has 0 radical (unpaired) electrons. The first-order valence-electron chi connectivity index (χ1n) is 15.7. The summed E-state index contributed by atoms with van der Waals surface area (Å²) in [5.74, 6) is -0.358. The number of carbonyl (C=O) groups is 2. The Balaban J connectivity index is 1.32. The van der Waals surface area contributed by atoms with Crippen LogP contribution < -0.4 is 20.1 Å². The van der Waals surface area contributed by atoms with Gasteiger partial charge in [0.05, 0.1) is 23.9 Å². The molecular formula is C36H39FN4O6. The van der Waals surface area contributed by atoms with Gasteiger partial charge in [-0.1, -0.05) is 0 Å². The molecule has 0 spiro atoms. The number of nitrogens with zero attached hydrogens (tertiary/aromatic N) is 2. The number of hydrogen-bond donors (Lipinski definition) is 4.